The van der Waals surface area contributed by atoms with E-state index < -0.39 is 0 Å². The third kappa shape index (κ3) is 1.79. The average molecular weight is 301 g/mol. The van der Waals surface area contributed by atoms with Crippen molar-refractivity contribution >= 4 is 50.4 Å². The highest BCUT2D eigenvalue weighted by atomic mass is 32.2. The molecular weight excluding hydrogens is 294 g/mol. The third-order valence-corrected chi connectivity index (χ3v) is 4.50. The number of hydrogen-bond donors (Lipinski definition) is 2. The van der Waals surface area contributed by atoms with Gasteiger partial charge in [-0.05, 0) is 23.2 Å². The summed E-state index contributed by atoms with van der Waals surface area (Å²) in [6.45, 7) is 0. The third-order valence-electron chi connectivity index (χ3n) is 2.69. The number of aromatic amines is 1. The summed E-state index contributed by atoms with van der Waals surface area (Å²) in [7, 11) is 0. The van der Waals surface area contributed by atoms with Gasteiger partial charge in [0.05, 0.1) is 6.33 Å². The summed E-state index contributed by atoms with van der Waals surface area (Å²) in [5, 5.41) is 4.48. The van der Waals surface area contributed by atoms with Crippen molar-refractivity contribution in [3.63, 3.8) is 0 Å². The maximum Gasteiger partial charge on any atom is 0.222 e. The molecule has 7 nitrogen and oxygen atoms in total. The number of aromatic nitrogens is 6. The SMILES string of the molecule is Nc1nc(Sc2ncnc3nc[nH]c23)c2ccsc2n1. The average Bonchev–Trinajstić information content (AvgIpc) is 3.06. The standard InChI is InChI=1S/C11H7N7S2/c12-11-17-8-5(1-2-19-8)9(18-11)20-10-6-7(14-3-13-6)15-4-16-10/h1-4H,(H2,12,17,18)(H,13,14,15,16). The lowest BCUT2D eigenvalue weighted by molar-refractivity contribution is 1.07. The number of hydrogen-bond acceptors (Lipinski definition) is 8. The van der Waals surface area contributed by atoms with Gasteiger partial charge in [0.1, 0.15) is 26.7 Å². The fourth-order valence-corrected chi connectivity index (χ4v) is 3.62. The van der Waals surface area contributed by atoms with Gasteiger partial charge in [-0.2, -0.15) is 0 Å². The number of fused-ring (bicyclic) bond motifs is 2. The van der Waals surface area contributed by atoms with Crippen LogP contribution in [0.4, 0.5) is 5.95 Å². The zero-order valence-electron chi connectivity index (χ0n) is 9.94. The van der Waals surface area contributed by atoms with Crippen LogP contribution < -0.4 is 5.73 Å². The van der Waals surface area contributed by atoms with Crippen molar-refractivity contribution < 1.29 is 0 Å². The Labute approximate surface area is 120 Å². The molecule has 0 aliphatic carbocycles. The molecule has 0 fully saturated rings. The molecule has 0 atom stereocenters. The molecule has 0 aliphatic heterocycles. The van der Waals surface area contributed by atoms with Gasteiger partial charge in [0.15, 0.2) is 5.65 Å². The lowest BCUT2D eigenvalue weighted by Crippen LogP contribution is -1.96. The minimum atomic E-state index is 0.261. The molecule has 0 unspecified atom stereocenters. The monoisotopic (exact) mass is 301 g/mol. The number of rotatable bonds is 2. The minimum Gasteiger partial charge on any atom is -0.368 e. The number of nitrogen functional groups attached to an aromatic ring is 1. The van der Waals surface area contributed by atoms with Crippen LogP contribution in [0.5, 0.6) is 0 Å². The molecule has 0 radical (unpaired) electrons. The van der Waals surface area contributed by atoms with E-state index in [1.165, 1.54) is 29.4 Å². The van der Waals surface area contributed by atoms with Gasteiger partial charge in [-0.3, -0.25) is 0 Å². The second-order valence-electron chi connectivity index (χ2n) is 3.91. The number of nitrogens with two attached hydrogens (primary N) is 1. The molecule has 98 valence electrons. The predicted molar refractivity (Wildman–Crippen MR) is 77.6 cm³/mol. The van der Waals surface area contributed by atoms with Gasteiger partial charge in [-0.15, -0.1) is 11.3 Å². The summed E-state index contributed by atoms with van der Waals surface area (Å²) in [4.78, 5) is 24.9. The first kappa shape index (κ1) is 11.6. The van der Waals surface area contributed by atoms with Crippen molar-refractivity contribution in [2.75, 3.05) is 5.73 Å². The fraction of sp³-hybridized carbons (Fsp3) is 0. The molecule has 0 amide bonds. The van der Waals surface area contributed by atoms with Crippen LogP contribution in [0.3, 0.4) is 0 Å². The van der Waals surface area contributed by atoms with Crippen molar-refractivity contribution in [2.24, 2.45) is 0 Å². The van der Waals surface area contributed by atoms with Gasteiger partial charge >= 0.3 is 0 Å². The quantitative estimate of drug-likeness (QED) is 0.546. The first-order valence-electron chi connectivity index (χ1n) is 5.64. The van der Waals surface area contributed by atoms with Crippen molar-refractivity contribution in [3.8, 4) is 0 Å². The number of anilines is 1. The Balaban J connectivity index is 1.88. The number of nitrogens with one attached hydrogen (secondary N) is 1. The summed E-state index contributed by atoms with van der Waals surface area (Å²) in [6, 6.07) is 1.98. The first-order valence-corrected chi connectivity index (χ1v) is 7.33. The number of imidazole rings is 1. The Hall–Kier alpha value is -2.26. The molecular formula is C11H7N7S2. The molecule has 9 heteroatoms. The smallest absolute Gasteiger partial charge is 0.222 e. The van der Waals surface area contributed by atoms with E-state index in [1.807, 2.05) is 11.4 Å². The van der Waals surface area contributed by atoms with Crippen LogP contribution >= 0.6 is 23.1 Å². The van der Waals surface area contributed by atoms with Crippen molar-refractivity contribution in [3.05, 3.63) is 24.1 Å². The molecule has 20 heavy (non-hydrogen) atoms. The Morgan fingerprint density at radius 2 is 2.10 bits per heavy atom. The van der Waals surface area contributed by atoms with Crippen molar-refractivity contribution in [1.82, 2.24) is 29.9 Å². The summed E-state index contributed by atoms with van der Waals surface area (Å²) in [5.41, 5.74) is 7.17. The maximum atomic E-state index is 5.75. The normalized spacial score (nSPS) is 11.4. The second-order valence-corrected chi connectivity index (χ2v) is 5.78. The Morgan fingerprint density at radius 3 is 3.05 bits per heavy atom. The van der Waals surface area contributed by atoms with Gasteiger partial charge in [0.2, 0.25) is 5.95 Å². The molecule has 0 saturated carbocycles. The van der Waals surface area contributed by atoms with Gasteiger partial charge in [-0.25, -0.2) is 24.9 Å². The van der Waals surface area contributed by atoms with E-state index in [0.717, 1.165) is 25.8 Å². The zero-order valence-corrected chi connectivity index (χ0v) is 11.6. The zero-order chi connectivity index (χ0) is 13.5. The molecule has 4 aromatic heterocycles. The van der Waals surface area contributed by atoms with Crippen LogP contribution in [0, 0.1) is 0 Å². The number of H-pyrrole nitrogens is 1. The number of nitrogens with zero attached hydrogens (tertiary/aromatic N) is 5. The molecule has 0 spiro atoms. The predicted octanol–water partition coefficient (Wildman–Crippen LogP) is 2.09. The van der Waals surface area contributed by atoms with Crippen LogP contribution in [0.25, 0.3) is 21.4 Å². The topological polar surface area (TPSA) is 106 Å². The van der Waals surface area contributed by atoms with Crippen LogP contribution in [0.15, 0.2) is 34.2 Å². The highest BCUT2D eigenvalue weighted by Gasteiger charge is 2.13. The van der Waals surface area contributed by atoms with Crippen molar-refractivity contribution in [1.29, 1.82) is 0 Å². The molecule has 4 heterocycles. The summed E-state index contributed by atoms with van der Waals surface area (Å²) < 4.78 is 0. The lowest BCUT2D eigenvalue weighted by Gasteiger charge is -2.03. The Morgan fingerprint density at radius 1 is 1.15 bits per heavy atom. The van der Waals surface area contributed by atoms with E-state index in [9.17, 15) is 0 Å². The summed E-state index contributed by atoms with van der Waals surface area (Å²) >= 11 is 2.96. The molecule has 0 saturated heterocycles. The van der Waals surface area contributed by atoms with E-state index in [2.05, 4.69) is 29.9 Å². The van der Waals surface area contributed by atoms with Crippen LogP contribution in [-0.4, -0.2) is 29.9 Å². The van der Waals surface area contributed by atoms with Gasteiger partial charge in [-0.1, -0.05) is 0 Å². The van der Waals surface area contributed by atoms with Crippen LogP contribution in [0.1, 0.15) is 0 Å². The molecule has 4 aromatic rings. The molecule has 0 bridgehead atoms. The first-order chi connectivity index (χ1) is 9.81. The second kappa shape index (κ2) is 4.39. The highest BCUT2D eigenvalue weighted by Crippen LogP contribution is 2.34. The number of thiophene rings is 1. The van der Waals surface area contributed by atoms with E-state index in [-0.39, 0.29) is 5.95 Å². The van der Waals surface area contributed by atoms with Gasteiger partial charge in [0, 0.05) is 5.39 Å². The Kier molecular flexibility index (Phi) is 2.54. The lowest BCUT2D eigenvalue weighted by atomic mass is 10.4. The van der Waals surface area contributed by atoms with Crippen LogP contribution in [0.2, 0.25) is 0 Å². The van der Waals surface area contributed by atoms with E-state index in [0.29, 0.717) is 5.65 Å². The fourth-order valence-electron chi connectivity index (χ4n) is 1.83. The summed E-state index contributed by atoms with van der Waals surface area (Å²) in [6.07, 6.45) is 3.08. The summed E-state index contributed by atoms with van der Waals surface area (Å²) in [5.74, 6) is 0.261. The van der Waals surface area contributed by atoms with Gasteiger partial charge < -0.3 is 10.7 Å². The van der Waals surface area contributed by atoms with Crippen LogP contribution in [-0.2, 0) is 0 Å². The molecule has 3 N–H and O–H groups in total. The molecule has 0 aromatic carbocycles. The minimum absolute atomic E-state index is 0.261. The van der Waals surface area contributed by atoms with E-state index in [4.69, 9.17) is 5.73 Å². The molecule has 0 aliphatic rings. The maximum absolute atomic E-state index is 5.75. The largest absolute Gasteiger partial charge is 0.368 e. The van der Waals surface area contributed by atoms with E-state index >= 15 is 0 Å². The highest BCUT2D eigenvalue weighted by molar-refractivity contribution is 7.99. The molecule has 4 rings (SSSR count). The van der Waals surface area contributed by atoms with Gasteiger partial charge in [0.25, 0.3) is 0 Å². The van der Waals surface area contributed by atoms with Crippen molar-refractivity contribution in [2.45, 2.75) is 10.1 Å². The Bertz CT molecular complexity index is 913. The van der Waals surface area contributed by atoms with E-state index in [1.54, 1.807) is 6.33 Å².